The van der Waals surface area contributed by atoms with Crippen molar-refractivity contribution in [2.45, 2.75) is 19.0 Å². The average molecular weight is 311 g/mol. The molecule has 21 heavy (non-hydrogen) atoms. The highest BCUT2D eigenvalue weighted by atomic mass is 19.4. The summed E-state index contributed by atoms with van der Waals surface area (Å²) in [5, 5.41) is 8.62. The molecule has 0 radical (unpaired) electrons. The van der Waals surface area contributed by atoms with Gasteiger partial charge in [-0.25, -0.2) is 4.79 Å². The van der Waals surface area contributed by atoms with Crippen LogP contribution in [0.3, 0.4) is 0 Å². The molecule has 1 rings (SSSR count). The number of amides is 3. The first kappa shape index (κ1) is 17.1. The van der Waals surface area contributed by atoms with Crippen molar-refractivity contribution in [3.05, 3.63) is 0 Å². The second-order valence-corrected chi connectivity index (χ2v) is 4.83. The molecule has 1 fully saturated rings. The van der Waals surface area contributed by atoms with Crippen molar-refractivity contribution >= 4 is 17.9 Å². The lowest BCUT2D eigenvalue weighted by Gasteiger charge is -2.33. The van der Waals surface area contributed by atoms with Gasteiger partial charge in [0.1, 0.15) is 13.1 Å². The highest BCUT2D eigenvalue weighted by Gasteiger charge is 2.37. The minimum absolute atomic E-state index is 0.0951. The summed E-state index contributed by atoms with van der Waals surface area (Å²) in [6, 6.07) is -0.756. The maximum absolute atomic E-state index is 12.4. The number of halogens is 3. The highest BCUT2D eigenvalue weighted by Crippen LogP contribution is 2.22. The third kappa shape index (κ3) is 5.48. The third-order valence-corrected chi connectivity index (χ3v) is 3.09. The van der Waals surface area contributed by atoms with E-state index >= 15 is 0 Å². The second-order valence-electron chi connectivity index (χ2n) is 4.83. The predicted molar refractivity (Wildman–Crippen MR) is 64.2 cm³/mol. The largest absolute Gasteiger partial charge is 0.480 e. The zero-order chi connectivity index (χ0) is 16.2. The van der Waals surface area contributed by atoms with Crippen LogP contribution >= 0.6 is 0 Å². The Bertz CT molecular complexity index is 427. The van der Waals surface area contributed by atoms with Crippen molar-refractivity contribution in [3.8, 4) is 0 Å². The summed E-state index contributed by atoms with van der Waals surface area (Å²) < 4.78 is 37.3. The van der Waals surface area contributed by atoms with Crippen LogP contribution in [-0.4, -0.2) is 65.2 Å². The van der Waals surface area contributed by atoms with Gasteiger partial charge in [-0.3, -0.25) is 9.59 Å². The Labute approximate surface area is 118 Å². The molecule has 3 amide bonds. The number of carbonyl (C=O) groups is 3. The summed E-state index contributed by atoms with van der Waals surface area (Å²) >= 11 is 0. The summed E-state index contributed by atoms with van der Waals surface area (Å²) in [6.45, 7) is -2.43. The number of carbonyl (C=O) groups excluding carboxylic acids is 2. The summed E-state index contributed by atoms with van der Waals surface area (Å²) in [4.78, 5) is 35.1. The molecule has 1 heterocycles. The molecule has 1 atom stereocenters. The van der Waals surface area contributed by atoms with Crippen molar-refractivity contribution < 1.29 is 32.7 Å². The van der Waals surface area contributed by atoms with E-state index < -0.39 is 43.1 Å². The van der Waals surface area contributed by atoms with Crippen molar-refractivity contribution in [1.29, 1.82) is 0 Å². The van der Waals surface area contributed by atoms with Crippen LogP contribution in [0.15, 0.2) is 0 Å². The minimum Gasteiger partial charge on any atom is -0.480 e. The number of alkyl halides is 3. The van der Waals surface area contributed by atoms with Gasteiger partial charge in [0.05, 0.1) is 5.92 Å². The molecule has 0 aromatic rings. The number of nitrogens with zero attached hydrogens (tertiary/aromatic N) is 2. The summed E-state index contributed by atoms with van der Waals surface area (Å²) in [6.07, 6.45) is -3.98. The van der Waals surface area contributed by atoms with Gasteiger partial charge in [0.25, 0.3) is 0 Å². The van der Waals surface area contributed by atoms with E-state index in [0.717, 1.165) is 0 Å². The summed E-state index contributed by atoms with van der Waals surface area (Å²) in [7, 11) is 0. The molecule has 120 valence electrons. The Hall–Kier alpha value is -2.00. The van der Waals surface area contributed by atoms with E-state index in [1.54, 1.807) is 0 Å². The Morgan fingerprint density at radius 2 is 1.95 bits per heavy atom. The Morgan fingerprint density at radius 1 is 1.33 bits per heavy atom. The molecule has 1 unspecified atom stereocenters. The number of likely N-dealkylation sites (tertiary alicyclic amines) is 1. The molecule has 0 spiro atoms. The Kier molecular flexibility index (Phi) is 5.39. The van der Waals surface area contributed by atoms with Crippen LogP contribution < -0.4 is 5.73 Å². The smallest absolute Gasteiger partial charge is 0.406 e. The zero-order valence-corrected chi connectivity index (χ0v) is 11.1. The molecule has 1 saturated heterocycles. The van der Waals surface area contributed by atoms with Gasteiger partial charge in [0.2, 0.25) is 5.91 Å². The predicted octanol–water partition coefficient (Wildman–Crippen LogP) is 0.253. The Balaban J connectivity index is 2.79. The second kappa shape index (κ2) is 6.64. The minimum atomic E-state index is -4.69. The molecule has 0 aromatic carbocycles. The number of carboxylic acid groups (broad SMARTS) is 1. The maximum Gasteiger partial charge on any atom is 0.406 e. The van der Waals surface area contributed by atoms with Gasteiger partial charge in [0.15, 0.2) is 0 Å². The summed E-state index contributed by atoms with van der Waals surface area (Å²) in [5.74, 6) is -3.33. The van der Waals surface area contributed by atoms with E-state index in [1.165, 1.54) is 4.90 Å². The van der Waals surface area contributed by atoms with Gasteiger partial charge in [-0.15, -0.1) is 0 Å². The molecule has 1 aliphatic rings. The van der Waals surface area contributed by atoms with Crippen LogP contribution in [0.25, 0.3) is 0 Å². The van der Waals surface area contributed by atoms with Gasteiger partial charge >= 0.3 is 18.2 Å². The topological polar surface area (TPSA) is 104 Å². The quantitative estimate of drug-likeness (QED) is 0.776. The number of primary amides is 1. The highest BCUT2D eigenvalue weighted by molar-refractivity contribution is 5.84. The van der Waals surface area contributed by atoms with Gasteiger partial charge < -0.3 is 20.6 Å². The van der Waals surface area contributed by atoms with Crippen molar-refractivity contribution in [3.63, 3.8) is 0 Å². The van der Waals surface area contributed by atoms with E-state index in [0.29, 0.717) is 13.0 Å². The first-order chi connectivity index (χ1) is 9.60. The fourth-order valence-corrected chi connectivity index (χ4v) is 2.23. The van der Waals surface area contributed by atoms with E-state index in [1.807, 2.05) is 0 Å². The molecule has 7 nitrogen and oxygen atoms in total. The molecule has 0 saturated carbocycles. The lowest BCUT2D eigenvalue weighted by molar-refractivity contribution is -0.168. The molecule has 10 heteroatoms. The Morgan fingerprint density at radius 3 is 2.43 bits per heavy atom. The number of aliphatic carboxylic acids is 1. The van der Waals surface area contributed by atoms with Crippen LogP contribution in [0, 0.1) is 5.92 Å². The monoisotopic (exact) mass is 311 g/mol. The molecule has 0 bridgehead atoms. The first-order valence-electron chi connectivity index (χ1n) is 6.22. The van der Waals surface area contributed by atoms with Crippen molar-refractivity contribution in [2.75, 3.05) is 26.2 Å². The van der Waals surface area contributed by atoms with E-state index in [2.05, 4.69) is 0 Å². The number of hydrogen-bond donors (Lipinski definition) is 2. The molecular formula is C11H16F3N3O4. The third-order valence-electron chi connectivity index (χ3n) is 3.09. The fraction of sp³-hybridized carbons (Fsp3) is 0.727. The van der Waals surface area contributed by atoms with Crippen LogP contribution in [0.5, 0.6) is 0 Å². The molecule has 1 aliphatic heterocycles. The number of rotatable bonds is 4. The van der Waals surface area contributed by atoms with E-state index in [4.69, 9.17) is 10.8 Å². The molecule has 0 aliphatic carbocycles. The normalized spacial score (nSPS) is 19.2. The fourth-order valence-electron chi connectivity index (χ4n) is 2.23. The van der Waals surface area contributed by atoms with Crippen LogP contribution in [0.2, 0.25) is 0 Å². The number of nitrogens with two attached hydrogens (primary N) is 1. The maximum atomic E-state index is 12.4. The number of hydrogen-bond acceptors (Lipinski definition) is 3. The van der Waals surface area contributed by atoms with Crippen LogP contribution in [-0.2, 0) is 9.59 Å². The van der Waals surface area contributed by atoms with Crippen molar-refractivity contribution in [1.82, 2.24) is 9.80 Å². The van der Waals surface area contributed by atoms with E-state index in [9.17, 15) is 27.6 Å². The lowest BCUT2D eigenvalue weighted by Crippen LogP contribution is -2.50. The van der Waals surface area contributed by atoms with Gasteiger partial charge in [0, 0.05) is 13.1 Å². The average Bonchev–Trinajstić information content (AvgIpc) is 2.35. The zero-order valence-electron chi connectivity index (χ0n) is 11.1. The van der Waals surface area contributed by atoms with Gasteiger partial charge in [-0.2, -0.15) is 13.2 Å². The number of carboxylic acids is 1. The SMILES string of the molecule is NC(=O)N1CCCC(C(=O)N(CC(=O)O)CC(F)(F)F)C1. The lowest BCUT2D eigenvalue weighted by atomic mass is 9.96. The molecule has 0 aromatic heterocycles. The van der Waals surface area contributed by atoms with Crippen molar-refractivity contribution in [2.24, 2.45) is 11.7 Å². The number of urea groups is 1. The molecular weight excluding hydrogens is 295 g/mol. The van der Waals surface area contributed by atoms with Gasteiger partial charge in [-0.05, 0) is 12.8 Å². The first-order valence-corrected chi connectivity index (χ1v) is 6.22. The van der Waals surface area contributed by atoms with Crippen LogP contribution in [0.4, 0.5) is 18.0 Å². The molecule has 3 N–H and O–H groups in total. The number of piperidine rings is 1. The van der Waals surface area contributed by atoms with Crippen LogP contribution in [0.1, 0.15) is 12.8 Å². The standard InChI is InChI=1S/C11H16F3N3O4/c12-11(13,14)6-17(5-8(18)19)9(20)7-2-1-3-16(4-7)10(15)21/h7H,1-6H2,(H2,15,21)(H,18,19). The summed E-state index contributed by atoms with van der Waals surface area (Å²) in [5.41, 5.74) is 5.08. The van der Waals surface area contributed by atoms with Gasteiger partial charge in [-0.1, -0.05) is 0 Å². The van der Waals surface area contributed by atoms with E-state index in [-0.39, 0.29) is 17.9 Å².